The number of methoxy groups -OCH3 is 1. The van der Waals surface area contributed by atoms with Crippen molar-refractivity contribution in [2.24, 2.45) is 0 Å². The van der Waals surface area contributed by atoms with Gasteiger partial charge in [-0.15, -0.1) is 0 Å². The molecule has 0 radical (unpaired) electrons. The minimum absolute atomic E-state index is 0.163. The molecule has 0 unspecified atom stereocenters. The lowest BCUT2D eigenvalue weighted by Crippen LogP contribution is -2.28. The normalized spacial score (nSPS) is 11.9. The maximum absolute atomic E-state index is 6.13. The summed E-state index contributed by atoms with van der Waals surface area (Å²) in [5, 5.41) is 8.25. The van der Waals surface area contributed by atoms with Crippen molar-refractivity contribution in [3.63, 3.8) is 0 Å². The van der Waals surface area contributed by atoms with E-state index in [1.165, 1.54) is 11.1 Å². The molecule has 0 spiro atoms. The first-order chi connectivity index (χ1) is 14.0. The lowest BCUT2D eigenvalue weighted by Gasteiger charge is -2.22. The Morgan fingerprint density at radius 1 is 0.862 bits per heavy atom. The van der Waals surface area contributed by atoms with Crippen molar-refractivity contribution in [3.05, 3.63) is 93.5 Å². The highest BCUT2D eigenvalue weighted by Crippen LogP contribution is 2.26. The van der Waals surface area contributed by atoms with Gasteiger partial charge in [-0.3, -0.25) is 0 Å². The average molecular weight is 429 g/mol. The number of para-hydroxylation sites is 2. The van der Waals surface area contributed by atoms with Gasteiger partial charge in [-0.2, -0.15) is 0 Å². The fourth-order valence-corrected chi connectivity index (χ4v) is 3.51. The predicted octanol–water partition coefficient (Wildman–Crippen LogP) is 6.58. The summed E-state index contributed by atoms with van der Waals surface area (Å²) in [6, 6.07) is 22.7. The standard InChI is InChI=1S/C24H26Cl2N2O/c1-17-7-9-18(10-8-17)13-20(16-29-2)28-24-6-4-3-5-23(24)27-15-19-11-12-21(25)22(26)14-19/h3-12,14,20,27-28H,13,15-16H2,1-2H3/t20-/m0/s1. The molecule has 0 fully saturated rings. The number of anilines is 2. The second-order valence-corrected chi connectivity index (χ2v) is 7.95. The Kier molecular flexibility index (Phi) is 7.82. The van der Waals surface area contributed by atoms with E-state index in [0.717, 1.165) is 23.4 Å². The third kappa shape index (κ3) is 6.40. The fraction of sp³-hybridized carbons (Fsp3) is 0.250. The fourth-order valence-electron chi connectivity index (χ4n) is 3.19. The molecular formula is C24H26Cl2N2O. The van der Waals surface area contributed by atoms with E-state index in [-0.39, 0.29) is 6.04 Å². The molecule has 0 bridgehead atoms. The Labute approximate surface area is 183 Å². The van der Waals surface area contributed by atoms with Crippen LogP contribution in [0.4, 0.5) is 11.4 Å². The molecule has 0 saturated carbocycles. The second kappa shape index (κ2) is 10.5. The maximum atomic E-state index is 6.13. The Balaban J connectivity index is 1.70. The van der Waals surface area contributed by atoms with E-state index in [1.807, 2.05) is 30.3 Å². The van der Waals surface area contributed by atoms with Gasteiger partial charge in [0.1, 0.15) is 0 Å². The van der Waals surface area contributed by atoms with Crippen LogP contribution >= 0.6 is 23.2 Å². The van der Waals surface area contributed by atoms with Crippen molar-refractivity contribution in [3.8, 4) is 0 Å². The molecule has 1 atom stereocenters. The van der Waals surface area contributed by atoms with Gasteiger partial charge in [-0.25, -0.2) is 0 Å². The third-order valence-corrected chi connectivity index (χ3v) is 5.46. The Hall–Kier alpha value is -2.20. The maximum Gasteiger partial charge on any atom is 0.0667 e. The summed E-state index contributed by atoms with van der Waals surface area (Å²) in [6.07, 6.45) is 0.884. The summed E-state index contributed by atoms with van der Waals surface area (Å²) in [4.78, 5) is 0. The third-order valence-electron chi connectivity index (χ3n) is 4.72. The largest absolute Gasteiger partial charge is 0.383 e. The van der Waals surface area contributed by atoms with E-state index in [9.17, 15) is 0 Å². The van der Waals surface area contributed by atoms with Crippen LogP contribution in [0.5, 0.6) is 0 Å². The van der Waals surface area contributed by atoms with Gasteiger partial charge in [0.15, 0.2) is 0 Å². The van der Waals surface area contributed by atoms with Gasteiger partial charge in [-0.05, 0) is 48.7 Å². The Morgan fingerprint density at radius 2 is 1.55 bits per heavy atom. The lowest BCUT2D eigenvalue weighted by molar-refractivity contribution is 0.185. The van der Waals surface area contributed by atoms with Crippen LogP contribution < -0.4 is 10.6 Å². The van der Waals surface area contributed by atoms with Crippen molar-refractivity contribution < 1.29 is 4.74 Å². The van der Waals surface area contributed by atoms with E-state index in [2.05, 4.69) is 54.0 Å². The Morgan fingerprint density at radius 3 is 2.24 bits per heavy atom. The van der Waals surface area contributed by atoms with Gasteiger partial charge in [-0.1, -0.05) is 71.2 Å². The summed E-state index contributed by atoms with van der Waals surface area (Å²) in [5.41, 5.74) is 5.70. The number of nitrogens with one attached hydrogen (secondary N) is 2. The summed E-state index contributed by atoms with van der Waals surface area (Å²) in [7, 11) is 1.73. The molecule has 3 nitrogen and oxygen atoms in total. The summed E-state index contributed by atoms with van der Waals surface area (Å²) in [5.74, 6) is 0. The number of halogens is 2. The second-order valence-electron chi connectivity index (χ2n) is 7.13. The van der Waals surface area contributed by atoms with Gasteiger partial charge >= 0.3 is 0 Å². The highest BCUT2D eigenvalue weighted by atomic mass is 35.5. The summed E-state index contributed by atoms with van der Waals surface area (Å²) >= 11 is 12.1. The molecule has 0 aromatic heterocycles. The number of benzene rings is 3. The molecule has 2 N–H and O–H groups in total. The van der Waals surface area contributed by atoms with Crippen LogP contribution in [0.2, 0.25) is 10.0 Å². The van der Waals surface area contributed by atoms with E-state index in [1.54, 1.807) is 7.11 Å². The van der Waals surface area contributed by atoms with E-state index in [0.29, 0.717) is 23.2 Å². The van der Waals surface area contributed by atoms with Crippen LogP contribution in [0.3, 0.4) is 0 Å². The smallest absolute Gasteiger partial charge is 0.0667 e. The minimum atomic E-state index is 0.163. The number of rotatable bonds is 9. The monoisotopic (exact) mass is 428 g/mol. The first kappa shape index (κ1) is 21.5. The van der Waals surface area contributed by atoms with E-state index < -0.39 is 0 Å². The van der Waals surface area contributed by atoms with Crippen molar-refractivity contribution in [2.75, 3.05) is 24.4 Å². The zero-order valence-corrected chi connectivity index (χ0v) is 18.2. The molecule has 3 aromatic rings. The van der Waals surface area contributed by atoms with Crippen LogP contribution in [-0.4, -0.2) is 19.8 Å². The van der Waals surface area contributed by atoms with E-state index in [4.69, 9.17) is 27.9 Å². The lowest BCUT2D eigenvalue weighted by atomic mass is 10.0. The summed E-state index contributed by atoms with van der Waals surface area (Å²) in [6.45, 7) is 3.38. The molecule has 3 rings (SSSR count). The first-order valence-corrected chi connectivity index (χ1v) is 10.4. The van der Waals surface area contributed by atoms with Crippen LogP contribution in [0, 0.1) is 6.92 Å². The average Bonchev–Trinajstić information content (AvgIpc) is 2.72. The number of ether oxygens (including phenoxy) is 1. The molecule has 0 aliphatic heterocycles. The van der Waals surface area contributed by atoms with Crippen molar-refractivity contribution in [1.82, 2.24) is 0 Å². The molecule has 152 valence electrons. The van der Waals surface area contributed by atoms with Crippen LogP contribution in [0.1, 0.15) is 16.7 Å². The quantitative estimate of drug-likeness (QED) is 0.403. The molecule has 0 aliphatic carbocycles. The van der Waals surface area contributed by atoms with Gasteiger partial charge in [0.05, 0.1) is 34.1 Å². The van der Waals surface area contributed by atoms with Crippen molar-refractivity contribution in [2.45, 2.75) is 25.9 Å². The molecular weight excluding hydrogens is 403 g/mol. The zero-order chi connectivity index (χ0) is 20.6. The number of aryl methyl sites for hydroxylation is 1. The minimum Gasteiger partial charge on any atom is -0.383 e. The van der Waals surface area contributed by atoms with Crippen molar-refractivity contribution >= 4 is 34.6 Å². The SMILES string of the molecule is COC[C@H](Cc1ccc(C)cc1)Nc1ccccc1NCc1ccc(Cl)c(Cl)c1. The van der Waals surface area contributed by atoms with Crippen LogP contribution in [0.25, 0.3) is 0 Å². The predicted molar refractivity (Wildman–Crippen MR) is 124 cm³/mol. The topological polar surface area (TPSA) is 33.3 Å². The molecule has 5 heteroatoms. The van der Waals surface area contributed by atoms with Gasteiger partial charge in [0.2, 0.25) is 0 Å². The van der Waals surface area contributed by atoms with Crippen LogP contribution in [-0.2, 0) is 17.7 Å². The molecule has 0 heterocycles. The van der Waals surface area contributed by atoms with Crippen LogP contribution in [0.15, 0.2) is 66.7 Å². The van der Waals surface area contributed by atoms with Crippen molar-refractivity contribution in [1.29, 1.82) is 0 Å². The van der Waals surface area contributed by atoms with Gasteiger partial charge in [0.25, 0.3) is 0 Å². The highest BCUT2D eigenvalue weighted by Gasteiger charge is 2.12. The molecule has 0 aliphatic rings. The molecule has 3 aromatic carbocycles. The molecule has 29 heavy (non-hydrogen) atoms. The van der Waals surface area contributed by atoms with Gasteiger partial charge < -0.3 is 15.4 Å². The summed E-state index contributed by atoms with van der Waals surface area (Å²) < 4.78 is 5.46. The Bertz CT molecular complexity index is 928. The molecule has 0 saturated heterocycles. The van der Waals surface area contributed by atoms with Gasteiger partial charge in [0, 0.05) is 13.7 Å². The molecule has 0 amide bonds. The first-order valence-electron chi connectivity index (χ1n) is 9.63. The highest BCUT2D eigenvalue weighted by molar-refractivity contribution is 6.42. The number of hydrogen-bond donors (Lipinski definition) is 2. The number of hydrogen-bond acceptors (Lipinski definition) is 3. The zero-order valence-electron chi connectivity index (χ0n) is 16.7. The van der Waals surface area contributed by atoms with E-state index >= 15 is 0 Å².